The molecule has 0 heterocycles. The van der Waals surface area contributed by atoms with Gasteiger partial charge in [-0.3, -0.25) is 0 Å². The molecule has 0 atom stereocenters. The first kappa shape index (κ1) is 44.5. The molecule has 0 aliphatic heterocycles. The highest BCUT2D eigenvalue weighted by Gasteiger charge is 2.25. The Bertz CT molecular complexity index is 3180. The van der Waals surface area contributed by atoms with Crippen LogP contribution in [0, 0.1) is 26.2 Å². The predicted octanol–water partition coefficient (Wildman–Crippen LogP) is 18.7. The van der Waals surface area contributed by atoms with Gasteiger partial charge in [-0.25, -0.2) is 0 Å². The summed E-state index contributed by atoms with van der Waals surface area (Å²) in [5, 5.41) is 0. The summed E-state index contributed by atoms with van der Waals surface area (Å²) in [7, 11) is 0. The van der Waals surface area contributed by atoms with E-state index < -0.39 is 0 Å². The number of benzene rings is 9. The van der Waals surface area contributed by atoms with Crippen LogP contribution in [-0.4, -0.2) is 0 Å². The zero-order valence-electron chi connectivity index (χ0n) is 40.2. The number of hydrogen-bond donors (Lipinski definition) is 0. The quantitative estimate of drug-likeness (QED) is 0.114. The molecule has 69 heavy (non-hydrogen) atoms. The molecular weight excluding hydrogens is 837 g/mol. The van der Waals surface area contributed by atoms with Crippen LogP contribution in [0.5, 0.6) is 0 Å². The van der Waals surface area contributed by atoms with Gasteiger partial charge in [0.1, 0.15) is 0 Å². The number of para-hydroxylation sites is 2. The molecule has 0 fully saturated rings. The van der Waals surface area contributed by atoms with Gasteiger partial charge in [-0.05, 0) is 200 Å². The SMILES string of the molecule is Cc1cccc(N(C2=CC=CC(C)(C)C2)c2ccc(N(c3ccccc3)c3ccc(-c4ccc(N(c5ccccc5)c5ccc(N(c6cccc(C)c6)c6cccc(C)c6)cc5)cc4)cc3)cc2)c1. The van der Waals surface area contributed by atoms with E-state index in [4.69, 9.17) is 0 Å². The smallest absolute Gasteiger partial charge is 0.0464 e. The number of aryl methyl sites for hydroxylation is 3. The minimum Gasteiger partial charge on any atom is -0.314 e. The van der Waals surface area contributed by atoms with E-state index in [1.807, 2.05) is 0 Å². The summed E-state index contributed by atoms with van der Waals surface area (Å²) in [6.07, 6.45) is 7.73. The van der Waals surface area contributed by atoms with Crippen molar-refractivity contribution in [2.24, 2.45) is 5.41 Å². The lowest BCUT2D eigenvalue weighted by Crippen LogP contribution is -2.23. The fourth-order valence-electron chi connectivity index (χ4n) is 9.54. The van der Waals surface area contributed by atoms with Gasteiger partial charge in [-0.1, -0.05) is 123 Å². The topological polar surface area (TPSA) is 13.0 Å². The van der Waals surface area contributed by atoms with Crippen molar-refractivity contribution < 1.29 is 0 Å². The van der Waals surface area contributed by atoms with Crippen LogP contribution in [0.15, 0.2) is 254 Å². The summed E-state index contributed by atoms with van der Waals surface area (Å²) in [5.41, 5.74) is 19.6. The molecule has 9 aromatic rings. The number of nitrogens with zero attached hydrogens (tertiary/aromatic N) is 4. The molecule has 0 bridgehead atoms. The molecule has 4 heteroatoms. The van der Waals surface area contributed by atoms with Crippen molar-refractivity contribution in [3.05, 3.63) is 271 Å². The molecule has 1 aliphatic rings. The van der Waals surface area contributed by atoms with E-state index in [0.717, 1.165) is 74.4 Å². The summed E-state index contributed by atoms with van der Waals surface area (Å²) in [6.45, 7) is 11.1. The second-order valence-corrected chi connectivity index (χ2v) is 18.8. The van der Waals surface area contributed by atoms with Gasteiger partial charge in [0.15, 0.2) is 0 Å². The van der Waals surface area contributed by atoms with Gasteiger partial charge >= 0.3 is 0 Å². The Morgan fingerprint density at radius 1 is 0.304 bits per heavy atom. The molecule has 0 spiro atoms. The van der Waals surface area contributed by atoms with Gasteiger partial charge in [-0.2, -0.15) is 0 Å². The van der Waals surface area contributed by atoms with E-state index in [0.29, 0.717) is 0 Å². The molecule has 4 nitrogen and oxygen atoms in total. The van der Waals surface area contributed by atoms with E-state index in [9.17, 15) is 0 Å². The van der Waals surface area contributed by atoms with E-state index in [-0.39, 0.29) is 5.41 Å². The fourth-order valence-corrected chi connectivity index (χ4v) is 9.54. The van der Waals surface area contributed by atoms with Crippen LogP contribution < -0.4 is 19.6 Å². The first-order chi connectivity index (χ1) is 33.7. The molecule has 9 aromatic carbocycles. The van der Waals surface area contributed by atoms with Crippen molar-refractivity contribution in [1.29, 1.82) is 0 Å². The Balaban J connectivity index is 0.935. The lowest BCUT2D eigenvalue weighted by molar-refractivity contribution is 0.467. The summed E-state index contributed by atoms with van der Waals surface area (Å²) in [4.78, 5) is 9.41. The summed E-state index contributed by atoms with van der Waals surface area (Å²) in [6, 6.07) is 83.3. The molecule has 0 amide bonds. The van der Waals surface area contributed by atoms with Gasteiger partial charge < -0.3 is 19.6 Å². The highest BCUT2D eigenvalue weighted by molar-refractivity contribution is 5.84. The van der Waals surface area contributed by atoms with E-state index in [1.54, 1.807) is 0 Å². The third kappa shape index (κ3) is 9.88. The fraction of sp³-hybridized carbons (Fsp3) is 0.108. The maximum atomic E-state index is 2.41. The van der Waals surface area contributed by atoms with Crippen LogP contribution in [0.2, 0.25) is 0 Å². The Morgan fingerprint density at radius 3 is 0.942 bits per heavy atom. The lowest BCUT2D eigenvalue weighted by atomic mass is 9.84. The largest absolute Gasteiger partial charge is 0.314 e. The van der Waals surface area contributed by atoms with Crippen molar-refractivity contribution in [2.45, 2.75) is 41.0 Å². The minimum absolute atomic E-state index is 0.0778. The van der Waals surface area contributed by atoms with Crippen LogP contribution in [-0.2, 0) is 0 Å². The van der Waals surface area contributed by atoms with Crippen LogP contribution in [0.4, 0.5) is 62.6 Å². The third-order valence-corrected chi connectivity index (χ3v) is 12.9. The van der Waals surface area contributed by atoms with Crippen LogP contribution in [0.25, 0.3) is 11.1 Å². The summed E-state index contributed by atoms with van der Waals surface area (Å²) >= 11 is 0. The molecular formula is C65H58N4. The van der Waals surface area contributed by atoms with Crippen molar-refractivity contribution in [3.8, 4) is 11.1 Å². The molecule has 0 unspecified atom stereocenters. The van der Waals surface area contributed by atoms with Crippen LogP contribution in [0.3, 0.4) is 0 Å². The third-order valence-electron chi connectivity index (χ3n) is 12.9. The van der Waals surface area contributed by atoms with Crippen LogP contribution >= 0.6 is 0 Å². The normalized spacial score (nSPS) is 12.8. The minimum atomic E-state index is 0.0778. The second kappa shape index (κ2) is 19.5. The van der Waals surface area contributed by atoms with Crippen molar-refractivity contribution in [1.82, 2.24) is 0 Å². The number of allylic oxidation sites excluding steroid dienone is 4. The summed E-state index contributed by atoms with van der Waals surface area (Å²) < 4.78 is 0. The molecule has 338 valence electrons. The molecule has 0 saturated heterocycles. The van der Waals surface area contributed by atoms with Gasteiger partial charge in [0.25, 0.3) is 0 Å². The number of hydrogen-bond acceptors (Lipinski definition) is 4. The van der Waals surface area contributed by atoms with Crippen molar-refractivity contribution in [3.63, 3.8) is 0 Å². The maximum Gasteiger partial charge on any atom is 0.0464 e. The highest BCUT2D eigenvalue weighted by atomic mass is 15.2. The molecule has 0 aromatic heterocycles. The maximum absolute atomic E-state index is 2.41. The average Bonchev–Trinajstić information content (AvgIpc) is 3.36. The first-order valence-corrected chi connectivity index (χ1v) is 24.0. The zero-order chi connectivity index (χ0) is 47.3. The Morgan fingerprint density at radius 2 is 0.594 bits per heavy atom. The van der Waals surface area contributed by atoms with Gasteiger partial charge in [0.2, 0.25) is 0 Å². The summed E-state index contributed by atoms with van der Waals surface area (Å²) in [5.74, 6) is 0. The molecule has 10 rings (SSSR count). The highest BCUT2D eigenvalue weighted by Crippen LogP contribution is 2.43. The van der Waals surface area contributed by atoms with Crippen molar-refractivity contribution in [2.75, 3.05) is 19.6 Å². The molecule has 0 saturated carbocycles. The van der Waals surface area contributed by atoms with Gasteiger partial charge in [-0.15, -0.1) is 0 Å². The van der Waals surface area contributed by atoms with E-state index in [1.165, 1.54) is 28.1 Å². The number of anilines is 11. The Hall–Kier alpha value is -8.34. The van der Waals surface area contributed by atoms with E-state index in [2.05, 4.69) is 303 Å². The molecule has 0 radical (unpaired) electrons. The lowest BCUT2D eigenvalue weighted by Gasteiger charge is -2.34. The average molecular weight is 895 g/mol. The Kier molecular flexibility index (Phi) is 12.6. The van der Waals surface area contributed by atoms with E-state index >= 15 is 0 Å². The molecule has 1 aliphatic carbocycles. The Labute approximate surface area is 409 Å². The van der Waals surface area contributed by atoms with Crippen molar-refractivity contribution >= 4 is 62.6 Å². The monoisotopic (exact) mass is 894 g/mol. The van der Waals surface area contributed by atoms with Crippen LogP contribution in [0.1, 0.15) is 37.0 Å². The predicted molar refractivity (Wildman–Crippen MR) is 294 cm³/mol. The first-order valence-electron chi connectivity index (χ1n) is 24.0. The second-order valence-electron chi connectivity index (χ2n) is 18.8. The number of rotatable bonds is 13. The standard InChI is InChI=1S/C65H58N4/c1-48-16-12-23-61(44-48)68(62-24-13-17-49(2)45-62)59-39-35-57(36-40-59)66(53-19-8-6-9-20-53)55-31-27-51(28-32-55)52-29-33-56(34-30-52)67(54-21-10-7-11-22-54)58-37-41-60(42-38-58)69(63-25-14-18-50(3)46-63)64-26-15-43-65(4,5)47-64/h6-46H,47H2,1-5H3. The van der Waals surface area contributed by atoms with Gasteiger partial charge in [0.05, 0.1) is 0 Å². The molecule has 0 N–H and O–H groups in total. The zero-order valence-corrected chi connectivity index (χ0v) is 40.2. The van der Waals surface area contributed by atoms with Gasteiger partial charge in [0, 0.05) is 68.3 Å².